The van der Waals surface area contributed by atoms with Crippen LogP contribution in [0.4, 0.5) is 0 Å². The van der Waals surface area contributed by atoms with Crippen molar-refractivity contribution < 1.29 is 9.53 Å². The smallest absolute Gasteiger partial charge is 0.349 e. The molecule has 2 aromatic rings. The Balaban J connectivity index is 2.36. The number of aromatic nitrogens is 1. The summed E-state index contributed by atoms with van der Waals surface area (Å²) < 4.78 is 4.72. The zero-order valence-corrected chi connectivity index (χ0v) is 11.1. The first kappa shape index (κ1) is 12.7. The first-order valence-corrected chi connectivity index (χ1v) is 6.32. The molecule has 1 aromatic heterocycles. The van der Waals surface area contributed by atoms with E-state index in [0.717, 1.165) is 16.1 Å². The van der Waals surface area contributed by atoms with Crippen LogP contribution in [-0.4, -0.2) is 18.1 Å². The summed E-state index contributed by atoms with van der Waals surface area (Å²) in [5.74, 6) is -0.338. The van der Waals surface area contributed by atoms with Crippen LogP contribution in [0.1, 0.15) is 20.9 Å². The number of rotatable bonds is 3. The molecular formula is C13H14N2O2S. The molecule has 2 N–H and O–H groups in total. The molecule has 0 fully saturated rings. The number of aryl methyl sites for hydroxylation is 1. The van der Waals surface area contributed by atoms with Crippen LogP contribution in [-0.2, 0) is 11.3 Å². The minimum Gasteiger partial charge on any atom is -0.465 e. The second-order valence-electron chi connectivity index (χ2n) is 3.83. The highest BCUT2D eigenvalue weighted by Crippen LogP contribution is 2.28. The second kappa shape index (κ2) is 5.29. The third kappa shape index (κ3) is 2.42. The summed E-state index contributed by atoms with van der Waals surface area (Å²) in [7, 11) is 1.37. The van der Waals surface area contributed by atoms with Gasteiger partial charge in [0.2, 0.25) is 0 Å². The third-order valence-electron chi connectivity index (χ3n) is 2.60. The molecule has 4 nitrogen and oxygen atoms in total. The number of carbonyl (C=O) groups is 1. The van der Waals surface area contributed by atoms with E-state index in [0.29, 0.717) is 17.1 Å². The van der Waals surface area contributed by atoms with Crippen molar-refractivity contribution in [1.82, 2.24) is 4.98 Å². The van der Waals surface area contributed by atoms with E-state index in [4.69, 9.17) is 10.5 Å². The van der Waals surface area contributed by atoms with Gasteiger partial charge in [0.15, 0.2) is 0 Å². The number of ether oxygens (including phenoxy) is 1. The maximum Gasteiger partial charge on any atom is 0.349 e. The van der Waals surface area contributed by atoms with Gasteiger partial charge in [-0.25, -0.2) is 9.78 Å². The molecule has 0 aliphatic carbocycles. The highest BCUT2D eigenvalue weighted by molar-refractivity contribution is 7.17. The highest BCUT2D eigenvalue weighted by atomic mass is 32.1. The molecule has 0 radical (unpaired) electrons. The predicted molar refractivity (Wildman–Crippen MR) is 71.5 cm³/mol. The second-order valence-corrected chi connectivity index (χ2v) is 4.83. The van der Waals surface area contributed by atoms with Crippen LogP contribution in [0.25, 0.3) is 10.6 Å². The number of nitrogens with two attached hydrogens (primary N) is 1. The third-order valence-corrected chi connectivity index (χ3v) is 3.79. The van der Waals surface area contributed by atoms with E-state index in [1.165, 1.54) is 18.4 Å². The monoisotopic (exact) mass is 262 g/mol. The average Bonchev–Trinajstić information content (AvgIpc) is 2.80. The van der Waals surface area contributed by atoms with Crippen molar-refractivity contribution >= 4 is 17.3 Å². The number of thiazole rings is 1. The fourth-order valence-corrected chi connectivity index (χ4v) is 2.58. The van der Waals surface area contributed by atoms with Gasteiger partial charge >= 0.3 is 5.97 Å². The van der Waals surface area contributed by atoms with Crippen molar-refractivity contribution in [2.24, 2.45) is 5.73 Å². The van der Waals surface area contributed by atoms with Gasteiger partial charge in [-0.15, -0.1) is 11.3 Å². The minimum absolute atomic E-state index is 0.338. The summed E-state index contributed by atoms with van der Waals surface area (Å²) in [6, 6.07) is 7.84. The topological polar surface area (TPSA) is 65.2 Å². The minimum atomic E-state index is -0.338. The number of hydrogen-bond acceptors (Lipinski definition) is 5. The quantitative estimate of drug-likeness (QED) is 0.862. The molecule has 94 valence electrons. The van der Waals surface area contributed by atoms with E-state index < -0.39 is 0 Å². The zero-order chi connectivity index (χ0) is 13.1. The van der Waals surface area contributed by atoms with Crippen molar-refractivity contribution in [3.05, 3.63) is 40.4 Å². The highest BCUT2D eigenvalue weighted by Gasteiger charge is 2.16. The molecule has 0 saturated heterocycles. The van der Waals surface area contributed by atoms with Crippen molar-refractivity contribution in [2.75, 3.05) is 7.11 Å². The van der Waals surface area contributed by atoms with E-state index in [9.17, 15) is 4.79 Å². The number of nitrogens with zero attached hydrogens (tertiary/aromatic N) is 1. The van der Waals surface area contributed by atoms with Gasteiger partial charge in [-0.2, -0.15) is 0 Å². The van der Waals surface area contributed by atoms with Crippen molar-refractivity contribution in [3.8, 4) is 10.6 Å². The van der Waals surface area contributed by atoms with E-state index in [2.05, 4.69) is 4.98 Å². The summed E-state index contributed by atoms with van der Waals surface area (Å²) in [5.41, 5.74) is 8.30. The van der Waals surface area contributed by atoms with Crippen molar-refractivity contribution in [3.63, 3.8) is 0 Å². The lowest BCUT2D eigenvalue weighted by Crippen LogP contribution is -1.99. The van der Waals surface area contributed by atoms with E-state index in [-0.39, 0.29) is 5.97 Å². The van der Waals surface area contributed by atoms with Crippen LogP contribution >= 0.6 is 11.3 Å². The number of benzene rings is 1. The van der Waals surface area contributed by atoms with E-state index in [1.54, 1.807) is 6.92 Å². The summed E-state index contributed by atoms with van der Waals surface area (Å²) >= 11 is 1.34. The molecule has 0 atom stereocenters. The Bertz CT molecular complexity index is 561. The van der Waals surface area contributed by atoms with Gasteiger partial charge in [0.25, 0.3) is 0 Å². The Hall–Kier alpha value is -1.72. The molecule has 0 spiro atoms. The first-order chi connectivity index (χ1) is 8.65. The lowest BCUT2D eigenvalue weighted by atomic mass is 10.1. The SMILES string of the molecule is COC(=O)c1sc(-c2ccc(CN)cc2)nc1C. The van der Waals surface area contributed by atoms with Gasteiger partial charge in [0.1, 0.15) is 9.88 Å². The molecule has 18 heavy (non-hydrogen) atoms. The van der Waals surface area contributed by atoms with Crippen molar-refractivity contribution in [2.45, 2.75) is 13.5 Å². The number of carbonyl (C=O) groups excluding carboxylic acids is 1. The van der Waals surface area contributed by atoms with Crippen molar-refractivity contribution in [1.29, 1.82) is 0 Å². The van der Waals surface area contributed by atoms with Crippen LogP contribution in [0.15, 0.2) is 24.3 Å². The first-order valence-electron chi connectivity index (χ1n) is 5.51. The van der Waals surface area contributed by atoms with Gasteiger partial charge in [0.05, 0.1) is 12.8 Å². The van der Waals surface area contributed by atoms with E-state index in [1.807, 2.05) is 24.3 Å². The van der Waals surface area contributed by atoms with E-state index >= 15 is 0 Å². The fourth-order valence-electron chi connectivity index (χ4n) is 1.59. The maximum absolute atomic E-state index is 11.5. The lowest BCUT2D eigenvalue weighted by Gasteiger charge is -1.98. The molecule has 1 heterocycles. The summed E-state index contributed by atoms with van der Waals surface area (Å²) in [6.07, 6.45) is 0. The maximum atomic E-state index is 11.5. The molecule has 0 bridgehead atoms. The Morgan fingerprint density at radius 1 is 1.39 bits per heavy atom. The van der Waals surface area contributed by atoms with Crippen LogP contribution < -0.4 is 5.73 Å². The molecular weight excluding hydrogens is 248 g/mol. The lowest BCUT2D eigenvalue weighted by molar-refractivity contribution is 0.0605. The number of hydrogen-bond donors (Lipinski definition) is 1. The van der Waals surface area contributed by atoms with Crippen LogP contribution in [0.2, 0.25) is 0 Å². The normalized spacial score (nSPS) is 10.4. The zero-order valence-electron chi connectivity index (χ0n) is 10.3. The standard InChI is InChI=1S/C13H14N2O2S/c1-8-11(13(16)17-2)18-12(15-8)10-5-3-9(7-14)4-6-10/h3-6H,7,14H2,1-2H3. The summed E-state index contributed by atoms with van der Waals surface area (Å²) in [4.78, 5) is 16.5. The van der Waals surface area contributed by atoms with Crippen LogP contribution in [0.5, 0.6) is 0 Å². The Labute approximate surface area is 109 Å². The average molecular weight is 262 g/mol. The molecule has 0 amide bonds. The largest absolute Gasteiger partial charge is 0.465 e. The molecule has 5 heteroatoms. The Morgan fingerprint density at radius 3 is 2.61 bits per heavy atom. The molecule has 0 aliphatic heterocycles. The molecule has 1 aromatic carbocycles. The molecule has 0 aliphatic rings. The van der Waals surface area contributed by atoms with Crippen LogP contribution in [0, 0.1) is 6.92 Å². The fraction of sp³-hybridized carbons (Fsp3) is 0.231. The van der Waals surface area contributed by atoms with Gasteiger partial charge in [-0.1, -0.05) is 24.3 Å². The predicted octanol–water partition coefficient (Wildman–Crippen LogP) is 2.36. The summed E-state index contributed by atoms with van der Waals surface area (Å²) in [6.45, 7) is 2.32. The molecule has 0 saturated carbocycles. The molecule has 2 rings (SSSR count). The summed E-state index contributed by atoms with van der Waals surface area (Å²) in [5, 5.41) is 0.816. The van der Waals surface area contributed by atoms with Crippen LogP contribution in [0.3, 0.4) is 0 Å². The van der Waals surface area contributed by atoms with Gasteiger partial charge in [-0.05, 0) is 12.5 Å². The van der Waals surface area contributed by atoms with Gasteiger partial charge in [-0.3, -0.25) is 0 Å². The Kier molecular flexibility index (Phi) is 3.74. The molecule has 0 unspecified atom stereocenters. The number of esters is 1. The number of methoxy groups -OCH3 is 1. The Morgan fingerprint density at radius 2 is 2.06 bits per heavy atom. The van der Waals surface area contributed by atoms with Gasteiger partial charge < -0.3 is 10.5 Å². The van der Waals surface area contributed by atoms with Gasteiger partial charge in [0, 0.05) is 12.1 Å².